The molecule has 0 atom stereocenters. The van der Waals surface area contributed by atoms with E-state index >= 15 is 0 Å². The lowest BCUT2D eigenvalue weighted by Crippen LogP contribution is -2.16. The molecular formula is C17H16ClF2N. The van der Waals surface area contributed by atoms with Gasteiger partial charge in [-0.3, -0.25) is 0 Å². The predicted octanol–water partition coefficient (Wildman–Crippen LogP) is 4.85. The van der Waals surface area contributed by atoms with E-state index in [1.165, 1.54) is 18.9 Å². The van der Waals surface area contributed by atoms with Crippen molar-refractivity contribution in [2.24, 2.45) is 0 Å². The maximum atomic E-state index is 13.6. The number of hydrogen-bond acceptors (Lipinski definition) is 1. The quantitative estimate of drug-likeness (QED) is 0.797. The second kappa shape index (κ2) is 5.74. The highest BCUT2D eigenvalue weighted by Crippen LogP contribution is 2.33. The average Bonchev–Trinajstić information content (AvgIpc) is 3.25. The first-order valence-corrected chi connectivity index (χ1v) is 7.40. The zero-order valence-corrected chi connectivity index (χ0v) is 12.5. The molecule has 1 N–H and O–H groups in total. The highest BCUT2D eigenvalue weighted by Gasteiger charge is 2.21. The van der Waals surface area contributed by atoms with E-state index in [1.807, 2.05) is 25.1 Å². The minimum absolute atomic E-state index is 0.229. The van der Waals surface area contributed by atoms with Crippen molar-refractivity contribution in [2.45, 2.75) is 32.4 Å². The average molecular weight is 308 g/mol. The van der Waals surface area contributed by atoms with Crippen LogP contribution < -0.4 is 5.32 Å². The number of halogens is 3. The van der Waals surface area contributed by atoms with Crippen molar-refractivity contribution in [1.82, 2.24) is 5.32 Å². The van der Waals surface area contributed by atoms with Crippen molar-refractivity contribution in [3.05, 3.63) is 58.1 Å². The molecular weight excluding hydrogens is 292 g/mol. The highest BCUT2D eigenvalue weighted by atomic mass is 35.5. The van der Waals surface area contributed by atoms with E-state index in [2.05, 4.69) is 5.32 Å². The molecule has 3 rings (SSSR count). The zero-order valence-electron chi connectivity index (χ0n) is 11.7. The van der Waals surface area contributed by atoms with Crippen molar-refractivity contribution >= 4 is 11.6 Å². The van der Waals surface area contributed by atoms with Crippen LogP contribution in [0.5, 0.6) is 0 Å². The zero-order chi connectivity index (χ0) is 15.0. The molecule has 0 aromatic heterocycles. The van der Waals surface area contributed by atoms with Gasteiger partial charge in [0.05, 0.1) is 5.02 Å². The fourth-order valence-corrected chi connectivity index (χ4v) is 2.62. The summed E-state index contributed by atoms with van der Waals surface area (Å²) in [5, 5.41) is 3.67. The number of benzene rings is 2. The van der Waals surface area contributed by atoms with Crippen LogP contribution in [-0.4, -0.2) is 6.04 Å². The van der Waals surface area contributed by atoms with Crippen LogP contribution >= 0.6 is 11.6 Å². The lowest BCUT2D eigenvalue weighted by molar-refractivity contribution is 0.509. The van der Waals surface area contributed by atoms with Gasteiger partial charge in [0, 0.05) is 18.2 Å². The third-order valence-electron chi connectivity index (χ3n) is 3.72. The molecule has 0 bridgehead atoms. The number of rotatable bonds is 4. The number of nitrogens with one attached hydrogen (secondary N) is 1. The molecule has 21 heavy (non-hydrogen) atoms. The summed E-state index contributed by atoms with van der Waals surface area (Å²) in [6.07, 6.45) is 2.40. The third kappa shape index (κ3) is 3.25. The Hall–Kier alpha value is -1.45. The summed E-state index contributed by atoms with van der Waals surface area (Å²) in [6.45, 7) is 2.67. The van der Waals surface area contributed by atoms with Crippen LogP contribution in [0.1, 0.15) is 24.0 Å². The normalized spacial score (nSPS) is 14.5. The Labute approximate surface area is 127 Å². The first kappa shape index (κ1) is 14.5. The highest BCUT2D eigenvalue weighted by molar-refractivity contribution is 6.33. The summed E-state index contributed by atoms with van der Waals surface area (Å²) < 4.78 is 26.8. The molecule has 0 aliphatic heterocycles. The molecule has 1 nitrogen and oxygen atoms in total. The minimum Gasteiger partial charge on any atom is -0.310 e. The summed E-state index contributed by atoms with van der Waals surface area (Å²) in [4.78, 5) is 0. The van der Waals surface area contributed by atoms with Gasteiger partial charge in [0.15, 0.2) is 11.6 Å². The second-order valence-electron chi connectivity index (χ2n) is 5.56. The molecule has 1 aliphatic rings. The molecule has 0 unspecified atom stereocenters. The Kier molecular flexibility index (Phi) is 3.96. The fourth-order valence-electron chi connectivity index (χ4n) is 2.37. The molecule has 0 saturated heterocycles. The van der Waals surface area contributed by atoms with E-state index < -0.39 is 11.6 Å². The lowest BCUT2D eigenvalue weighted by atomic mass is 9.97. The molecule has 4 heteroatoms. The van der Waals surface area contributed by atoms with E-state index in [0.717, 1.165) is 22.8 Å². The lowest BCUT2D eigenvalue weighted by Gasteiger charge is -2.13. The Morgan fingerprint density at radius 1 is 1.10 bits per heavy atom. The summed E-state index contributed by atoms with van der Waals surface area (Å²) in [7, 11) is 0. The van der Waals surface area contributed by atoms with Crippen LogP contribution in [0.4, 0.5) is 8.78 Å². The minimum atomic E-state index is -0.922. The van der Waals surface area contributed by atoms with Gasteiger partial charge >= 0.3 is 0 Å². The van der Waals surface area contributed by atoms with Crippen molar-refractivity contribution in [1.29, 1.82) is 0 Å². The van der Waals surface area contributed by atoms with Crippen molar-refractivity contribution in [2.75, 3.05) is 0 Å². The van der Waals surface area contributed by atoms with Crippen LogP contribution in [0, 0.1) is 18.6 Å². The van der Waals surface area contributed by atoms with Crippen molar-refractivity contribution in [3.63, 3.8) is 0 Å². The smallest absolute Gasteiger partial charge is 0.160 e. The monoisotopic (exact) mass is 307 g/mol. The number of aryl methyl sites for hydroxylation is 1. The van der Waals surface area contributed by atoms with Crippen molar-refractivity contribution in [3.8, 4) is 11.1 Å². The molecule has 1 saturated carbocycles. The molecule has 1 aliphatic carbocycles. The largest absolute Gasteiger partial charge is 0.310 e. The summed E-state index contributed by atoms with van der Waals surface area (Å²) in [5.74, 6) is -1.80. The molecule has 2 aromatic rings. The van der Waals surface area contributed by atoms with Gasteiger partial charge in [-0.15, -0.1) is 0 Å². The van der Waals surface area contributed by atoms with Crippen LogP contribution in [0.25, 0.3) is 11.1 Å². The van der Waals surface area contributed by atoms with E-state index in [0.29, 0.717) is 18.2 Å². The van der Waals surface area contributed by atoms with E-state index in [-0.39, 0.29) is 5.02 Å². The van der Waals surface area contributed by atoms with Crippen LogP contribution in [0.2, 0.25) is 5.02 Å². The van der Waals surface area contributed by atoms with Gasteiger partial charge in [-0.25, -0.2) is 8.78 Å². The van der Waals surface area contributed by atoms with Gasteiger partial charge in [-0.2, -0.15) is 0 Å². The summed E-state index contributed by atoms with van der Waals surface area (Å²) in [5.41, 5.74) is 3.49. The Balaban J connectivity index is 2.02. The Morgan fingerprint density at radius 3 is 2.52 bits per heavy atom. The SMILES string of the molecule is Cc1ccc(CNC2CC2)c(-c2cc(F)c(F)cc2Cl)c1. The number of hydrogen-bond donors (Lipinski definition) is 1. The molecule has 2 aromatic carbocycles. The molecule has 110 valence electrons. The Bertz CT molecular complexity index is 681. The molecule has 0 heterocycles. The van der Waals surface area contributed by atoms with Gasteiger partial charge < -0.3 is 5.32 Å². The van der Waals surface area contributed by atoms with Gasteiger partial charge in [0.25, 0.3) is 0 Å². The predicted molar refractivity (Wildman–Crippen MR) is 81.4 cm³/mol. The van der Waals surface area contributed by atoms with Crippen LogP contribution in [0.3, 0.4) is 0 Å². The van der Waals surface area contributed by atoms with E-state index in [9.17, 15) is 8.78 Å². The van der Waals surface area contributed by atoms with E-state index in [1.54, 1.807) is 0 Å². The maximum absolute atomic E-state index is 13.6. The van der Waals surface area contributed by atoms with Crippen LogP contribution in [-0.2, 0) is 6.54 Å². The molecule has 0 amide bonds. The summed E-state index contributed by atoms with van der Waals surface area (Å²) in [6, 6.07) is 8.78. The first-order valence-electron chi connectivity index (χ1n) is 7.02. The molecule has 0 radical (unpaired) electrons. The second-order valence-corrected chi connectivity index (χ2v) is 5.97. The fraction of sp³-hybridized carbons (Fsp3) is 0.294. The first-order chi connectivity index (χ1) is 10.0. The Morgan fingerprint density at radius 2 is 1.81 bits per heavy atom. The van der Waals surface area contributed by atoms with E-state index in [4.69, 9.17) is 11.6 Å². The van der Waals surface area contributed by atoms with Crippen molar-refractivity contribution < 1.29 is 8.78 Å². The maximum Gasteiger partial charge on any atom is 0.160 e. The van der Waals surface area contributed by atoms with Gasteiger partial charge in [0.2, 0.25) is 0 Å². The van der Waals surface area contributed by atoms with Gasteiger partial charge in [-0.05, 0) is 43.0 Å². The topological polar surface area (TPSA) is 12.0 Å². The molecule has 0 spiro atoms. The standard InChI is InChI=1S/C17H16ClF2N/c1-10-2-3-11(9-21-12-4-5-12)13(6-10)14-7-16(19)17(20)8-15(14)18/h2-3,6-8,12,21H,4-5,9H2,1H3. The molecule has 1 fully saturated rings. The summed E-state index contributed by atoms with van der Waals surface area (Å²) >= 11 is 6.11. The van der Waals surface area contributed by atoms with Gasteiger partial charge in [-0.1, -0.05) is 35.4 Å². The van der Waals surface area contributed by atoms with Gasteiger partial charge in [0.1, 0.15) is 0 Å². The van der Waals surface area contributed by atoms with Crippen LogP contribution in [0.15, 0.2) is 30.3 Å². The third-order valence-corrected chi connectivity index (χ3v) is 4.04.